The third-order valence-electron chi connectivity index (χ3n) is 4.65. The molecule has 3 heteroatoms. The van der Waals surface area contributed by atoms with Crippen molar-refractivity contribution < 1.29 is 0 Å². The molecule has 1 atom stereocenters. The summed E-state index contributed by atoms with van der Waals surface area (Å²) in [6.07, 6.45) is 2.63. The third kappa shape index (κ3) is 2.53. The summed E-state index contributed by atoms with van der Waals surface area (Å²) in [4.78, 5) is 7.65. The van der Waals surface area contributed by atoms with Crippen molar-refractivity contribution in [2.45, 2.75) is 47.2 Å². The molecule has 0 fully saturated rings. The average Bonchev–Trinajstić information content (AvgIpc) is 2.37. The van der Waals surface area contributed by atoms with Crippen molar-refractivity contribution in [1.82, 2.24) is 4.90 Å². The quantitative estimate of drug-likeness (QED) is 0.714. The summed E-state index contributed by atoms with van der Waals surface area (Å²) < 4.78 is 2.92. The van der Waals surface area contributed by atoms with Gasteiger partial charge in [-0.05, 0) is 0 Å². The molecule has 0 amide bonds. The first kappa shape index (κ1) is 14.6. The molecule has 0 aromatic heterocycles. The van der Waals surface area contributed by atoms with E-state index < -0.39 is 18.4 Å². The monoisotopic (exact) mass is 329 g/mol. The molecule has 92 valence electrons. The molecule has 0 aromatic rings. The van der Waals surface area contributed by atoms with Gasteiger partial charge in [0.25, 0.3) is 0 Å². The van der Waals surface area contributed by atoms with Crippen LogP contribution in [0.1, 0.15) is 27.2 Å². The fourth-order valence-electron chi connectivity index (χ4n) is 3.41. The zero-order valence-corrected chi connectivity index (χ0v) is 15.1. The molecular weight excluding hydrogens is 300 g/mol. The van der Waals surface area contributed by atoms with Gasteiger partial charge in [-0.2, -0.15) is 0 Å². The van der Waals surface area contributed by atoms with E-state index >= 15 is 0 Å². The molecule has 16 heavy (non-hydrogen) atoms. The number of hydrogen-bond donors (Lipinski definition) is 0. The Morgan fingerprint density at radius 2 is 1.81 bits per heavy atom. The van der Waals surface area contributed by atoms with Crippen LogP contribution in [-0.4, -0.2) is 50.6 Å². The second kappa shape index (κ2) is 5.47. The van der Waals surface area contributed by atoms with Crippen molar-refractivity contribution in [2.24, 2.45) is 0 Å². The normalized spacial score (nSPS) is 24.8. The van der Waals surface area contributed by atoms with Crippen LogP contribution >= 0.6 is 0 Å². The van der Waals surface area contributed by atoms with Crippen LogP contribution in [0.15, 0.2) is 9.06 Å². The Morgan fingerprint density at radius 1 is 1.25 bits per heavy atom. The molecule has 1 aliphatic heterocycles. The molecule has 1 nitrogen and oxygen atoms in total. The summed E-state index contributed by atoms with van der Waals surface area (Å²) in [7, 11) is 4.43. The number of nitrogens with zero attached hydrogens (tertiary/aromatic N) is 1. The predicted octanol–water partition coefficient (Wildman–Crippen LogP) is 3.50. The second-order valence-corrected chi connectivity index (χ2v) is 20.3. The molecule has 0 aliphatic carbocycles. The zero-order valence-electron chi connectivity index (χ0n) is 12.2. The Bertz CT molecular complexity index is 284. The number of likely N-dealkylation sites (N-methyl/N-ethyl adjacent to an activating group) is 1. The zero-order chi connectivity index (χ0) is 12.5. The van der Waals surface area contributed by atoms with Crippen LogP contribution in [0.5, 0.6) is 0 Å². The van der Waals surface area contributed by atoms with Crippen LogP contribution in [0.3, 0.4) is 0 Å². The average molecular weight is 328 g/mol. The number of allylic oxidation sites excluding steroid dienone is 1. The van der Waals surface area contributed by atoms with Crippen LogP contribution < -0.4 is 0 Å². The van der Waals surface area contributed by atoms with Gasteiger partial charge in [0, 0.05) is 0 Å². The van der Waals surface area contributed by atoms with Gasteiger partial charge < -0.3 is 0 Å². The van der Waals surface area contributed by atoms with Crippen molar-refractivity contribution in [1.29, 1.82) is 0 Å². The van der Waals surface area contributed by atoms with Crippen LogP contribution in [-0.2, 0) is 0 Å². The SMILES string of the molecule is CCB1C(CC)=[C](CN(C)C)[Sn]([CH3])([CH3])[CH]1C. The van der Waals surface area contributed by atoms with Crippen molar-refractivity contribution in [3.63, 3.8) is 0 Å². The van der Waals surface area contributed by atoms with E-state index in [0.717, 1.165) is 10.5 Å². The molecule has 0 N–H and O–H groups in total. The topological polar surface area (TPSA) is 3.24 Å². The van der Waals surface area contributed by atoms with Crippen molar-refractivity contribution >= 4 is 25.1 Å². The summed E-state index contributed by atoms with van der Waals surface area (Å²) in [5, 5.41) is 0. The molecule has 0 radical (unpaired) electrons. The molecule has 1 unspecified atom stereocenters. The fraction of sp³-hybridized carbons (Fsp3) is 0.846. The van der Waals surface area contributed by atoms with Crippen LogP contribution in [0.4, 0.5) is 0 Å². The van der Waals surface area contributed by atoms with Gasteiger partial charge >= 0.3 is 107 Å². The van der Waals surface area contributed by atoms with Crippen LogP contribution in [0, 0.1) is 0 Å². The van der Waals surface area contributed by atoms with Crippen LogP contribution in [0.2, 0.25) is 20.0 Å². The Kier molecular flexibility index (Phi) is 5.00. The van der Waals surface area contributed by atoms with Crippen molar-refractivity contribution in [3.05, 3.63) is 9.06 Å². The van der Waals surface area contributed by atoms with Crippen molar-refractivity contribution in [2.75, 3.05) is 20.6 Å². The molecule has 1 heterocycles. The first-order valence-corrected chi connectivity index (χ1v) is 15.5. The van der Waals surface area contributed by atoms with Gasteiger partial charge in [-0.3, -0.25) is 0 Å². The van der Waals surface area contributed by atoms with E-state index in [0.29, 0.717) is 0 Å². The van der Waals surface area contributed by atoms with Gasteiger partial charge in [-0.1, -0.05) is 0 Å². The Labute approximate surface area is 107 Å². The summed E-state index contributed by atoms with van der Waals surface area (Å²) in [5.74, 6) is 0. The summed E-state index contributed by atoms with van der Waals surface area (Å²) in [6, 6.07) is 0. The Hall–Kier alpha value is 0.564. The van der Waals surface area contributed by atoms with Crippen LogP contribution in [0.25, 0.3) is 0 Å². The van der Waals surface area contributed by atoms with Gasteiger partial charge in [-0.15, -0.1) is 0 Å². The van der Waals surface area contributed by atoms with Gasteiger partial charge in [-0.25, -0.2) is 0 Å². The second-order valence-electron chi connectivity index (χ2n) is 6.12. The van der Waals surface area contributed by atoms with E-state index in [2.05, 4.69) is 49.6 Å². The minimum absolute atomic E-state index is 0.908. The number of rotatable bonds is 4. The maximum atomic E-state index is 2.64. The summed E-state index contributed by atoms with van der Waals surface area (Å²) in [6.45, 7) is 9.39. The Morgan fingerprint density at radius 3 is 2.19 bits per heavy atom. The van der Waals surface area contributed by atoms with Crippen molar-refractivity contribution in [3.8, 4) is 0 Å². The molecule has 0 bridgehead atoms. The minimum atomic E-state index is -1.96. The maximum absolute atomic E-state index is 2.64. The molecule has 0 saturated carbocycles. The summed E-state index contributed by atoms with van der Waals surface area (Å²) in [5.41, 5.74) is 1.84. The van der Waals surface area contributed by atoms with E-state index in [1.807, 2.05) is 9.06 Å². The Balaban J connectivity index is 3.11. The molecule has 1 rings (SSSR count). The van der Waals surface area contributed by atoms with E-state index in [1.54, 1.807) is 0 Å². The standard InChI is InChI=1S/C11H22BN.2CH3.Sn/c1-6-11(9-10-13(4)5)12(7-2)8-3;;;/h7H,6,8,10H2,1-5H3;2*1H3;. The predicted molar refractivity (Wildman–Crippen MR) is 79.0 cm³/mol. The van der Waals surface area contributed by atoms with E-state index in [9.17, 15) is 0 Å². The molecule has 0 aromatic carbocycles. The van der Waals surface area contributed by atoms with E-state index in [-0.39, 0.29) is 0 Å². The van der Waals surface area contributed by atoms with Gasteiger partial charge in [0.05, 0.1) is 0 Å². The first-order chi connectivity index (χ1) is 7.36. The van der Waals surface area contributed by atoms with Gasteiger partial charge in [0.15, 0.2) is 0 Å². The third-order valence-corrected chi connectivity index (χ3v) is 18.1. The molecule has 0 saturated heterocycles. The van der Waals surface area contributed by atoms with Gasteiger partial charge in [0.2, 0.25) is 0 Å². The summed E-state index contributed by atoms with van der Waals surface area (Å²) >= 11 is -1.96. The van der Waals surface area contributed by atoms with E-state index in [1.165, 1.54) is 19.3 Å². The number of hydrogen-bond acceptors (Lipinski definition) is 1. The molecule has 0 spiro atoms. The molecule has 1 aliphatic rings. The first-order valence-electron chi connectivity index (χ1n) is 6.73. The van der Waals surface area contributed by atoms with Gasteiger partial charge in [0.1, 0.15) is 0 Å². The molecular formula is C13H28BNSn. The van der Waals surface area contributed by atoms with E-state index in [4.69, 9.17) is 0 Å². The fourth-order valence-corrected chi connectivity index (χ4v) is 14.6.